The second-order valence-electron chi connectivity index (χ2n) is 14.0. The quantitative estimate of drug-likeness (QED) is 0.285. The second kappa shape index (κ2) is 14.2. The molecular formula is C35H50N6O4. The Labute approximate surface area is 267 Å². The van der Waals surface area contributed by atoms with Crippen LogP contribution in [0.1, 0.15) is 87.9 Å². The molecule has 0 radical (unpaired) electrons. The minimum Gasteiger partial charge on any atom is -0.494 e. The molecule has 0 spiro atoms. The highest BCUT2D eigenvalue weighted by Crippen LogP contribution is 2.35. The third kappa shape index (κ3) is 8.75. The van der Waals surface area contributed by atoms with E-state index < -0.39 is 5.60 Å². The molecule has 2 fully saturated rings. The van der Waals surface area contributed by atoms with Gasteiger partial charge in [0.25, 0.3) is 5.91 Å². The Bertz CT molecular complexity index is 1460. The van der Waals surface area contributed by atoms with Crippen LogP contribution in [-0.4, -0.2) is 82.5 Å². The Morgan fingerprint density at radius 1 is 1.04 bits per heavy atom. The highest BCUT2D eigenvalue weighted by atomic mass is 16.6. The maximum absolute atomic E-state index is 12.9. The number of methoxy groups -OCH3 is 1. The maximum atomic E-state index is 12.9. The molecule has 3 heterocycles. The van der Waals surface area contributed by atoms with Gasteiger partial charge in [-0.3, -0.25) is 9.48 Å². The lowest BCUT2D eigenvalue weighted by Gasteiger charge is -2.35. The fourth-order valence-electron chi connectivity index (χ4n) is 6.64. The highest BCUT2D eigenvalue weighted by Gasteiger charge is 2.28. The summed E-state index contributed by atoms with van der Waals surface area (Å²) >= 11 is 0. The summed E-state index contributed by atoms with van der Waals surface area (Å²) in [5.41, 5.74) is 2.19. The van der Waals surface area contributed by atoms with E-state index in [1.54, 1.807) is 13.2 Å². The van der Waals surface area contributed by atoms with Crippen LogP contribution < -0.4 is 10.1 Å². The van der Waals surface area contributed by atoms with Gasteiger partial charge < -0.3 is 24.6 Å². The monoisotopic (exact) mass is 618 g/mol. The van der Waals surface area contributed by atoms with Crippen LogP contribution in [0.4, 0.5) is 10.5 Å². The van der Waals surface area contributed by atoms with Crippen molar-refractivity contribution in [2.24, 2.45) is 11.8 Å². The van der Waals surface area contributed by atoms with E-state index in [-0.39, 0.29) is 12.0 Å². The molecule has 2 amide bonds. The normalized spacial score (nSPS) is 19.6. The standard InChI is InChI=1S/C35H50N6O4/c1-24-8-7-9-29(36-24)33(42)37-31-20-27-23-41(38-30(27)21-32(31)44-6)28-12-10-26(11-13-28)22-39(5)17-14-25-15-18-40(19-16-25)34(43)45-35(2,3)4/h7-9,20-21,23,25-26,28H,10-19,22H2,1-6H3,(H,37,42)/t26-,28-. The number of ether oxygens (including phenoxy) is 2. The smallest absolute Gasteiger partial charge is 0.410 e. The number of nitrogens with zero attached hydrogens (tertiary/aromatic N) is 5. The van der Waals surface area contributed by atoms with Crippen molar-refractivity contribution in [2.75, 3.05) is 45.7 Å². The van der Waals surface area contributed by atoms with Crippen molar-refractivity contribution in [2.45, 2.75) is 84.3 Å². The Balaban J connectivity index is 1.08. The van der Waals surface area contributed by atoms with Crippen molar-refractivity contribution < 1.29 is 19.1 Å². The molecule has 3 aromatic rings. The molecule has 1 aromatic carbocycles. The van der Waals surface area contributed by atoms with E-state index in [4.69, 9.17) is 14.6 Å². The number of benzene rings is 1. The van der Waals surface area contributed by atoms with Crippen LogP contribution in [0, 0.1) is 18.8 Å². The fourth-order valence-corrected chi connectivity index (χ4v) is 6.64. The molecule has 45 heavy (non-hydrogen) atoms. The Morgan fingerprint density at radius 3 is 2.44 bits per heavy atom. The molecular weight excluding hydrogens is 568 g/mol. The van der Waals surface area contributed by atoms with Crippen molar-refractivity contribution in [3.05, 3.63) is 47.9 Å². The molecule has 1 aliphatic heterocycles. The highest BCUT2D eigenvalue weighted by molar-refractivity contribution is 6.05. The molecule has 0 unspecified atom stereocenters. The lowest BCUT2D eigenvalue weighted by atomic mass is 9.85. The molecule has 5 rings (SSSR count). The molecule has 10 nitrogen and oxygen atoms in total. The van der Waals surface area contributed by atoms with Gasteiger partial charge in [-0.05, 0) is 116 Å². The number of aromatic nitrogens is 3. The molecule has 1 saturated carbocycles. The van der Waals surface area contributed by atoms with Crippen LogP contribution >= 0.6 is 0 Å². The number of rotatable bonds is 9. The Kier molecular flexibility index (Phi) is 10.3. The summed E-state index contributed by atoms with van der Waals surface area (Å²) in [5, 5.41) is 8.84. The summed E-state index contributed by atoms with van der Waals surface area (Å²) < 4.78 is 13.3. The molecule has 1 saturated heterocycles. The maximum Gasteiger partial charge on any atom is 0.410 e. The number of aryl methyl sites for hydroxylation is 1. The SMILES string of the molecule is COc1cc2nn([C@H]3CC[C@H](CN(C)CCC4CCN(C(=O)OC(C)(C)C)CC4)CC3)cc2cc1NC(=O)c1cccc(C)n1. The first-order valence-electron chi connectivity index (χ1n) is 16.5. The molecule has 244 valence electrons. The number of likely N-dealkylation sites (tertiary alicyclic amines) is 1. The van der Waals surface area contributed by atoms with Crippen LogP contribution in [0.3, 0.4) is 0 Å². The molecule has 2 aromatic heterocycles. The first kappa shape index (κ1) is 32.7. The minimum absolute atomic E-state index is 0.179. The van der Waals surface area contributed by atoms with Crippen LogP contribution in [0.5, 0.6) is 5.75 Å². The number of nitrogens with one attached hydrogen (secondary N) is 1. The number of carbonyl (C=O) groups excluding carboxylic acids is 2. The van der Waals surface area contributed by atoms with Gasteiger partial charge in [0.2, 0.25) is 0 Å². The summed E-state index contributed by atoms with van der Waals surface area (Å²) in [7, 11) is 3.85. The van der Waals surface area contributed by atoms with Gasteiger partial charge in [-0.1, -0.05) is 6.07 Å². The Morgan fingerprint density at radius 2 is 1.78 bits per heavy atom. The summed E-state index contributed by atoms with van der Waals surface area (Å²) in [6.45, 7) is 11.4. The number of carbonyl (C=O) groups is 2. The van der Waals surface area contributed by atoms with E-state index in [1.165, 1.54) is 19.3 Å². The third-order valence-electron chi connectivity index (χ3n) is 9.16. The van der Waals surface area contributed by atoms with E-state index >= 15 is 0 Å². The first-order chi connectivity index (χ1) is 21.5. The van der Waals surface area contributed by atoms with Crippen LogP contribution in [0.25, 0.3) is 10.9 Å². The van der Waals surface area contributed by atoms with Crippen molar-refractivity contribution in [1.29, 1.82) is 0 Å². The predicted octanol–water partition coefficient (Wildman–Crippen LogP) is 6.70. The van der Waals surface area contributed by atoms with Crippen LogP contribution in [0.2, 0.25) is 0 Å². The van der Waals surface area contributed by atoms with Gasteiger partial charge in [0, 0.05) is 43.0 Å². The largest absolute Gasteiger partial charge is 0.494 e. The fraction of sp³-hybridized carbons (Fsp3) is 0.600. The molecule has 0 atom stereocenters. The summed E-state index contributed by atoms with van der Waals surface area (Å²) in [4.78, 5) is 33.9. The zero-order valence-corrected chi connectivity index (χ0v) is 27.8. The molecule has 1 N–H and O–H groups in total. The summed E-state index contributed by atoms with van der Waals surface area (Å²) in [6.07, 6.45) is 9.80. The predicted molar refractivity (Wildman–Crippen MR) is 177 cm³/mol. The van der Waals surface area contributed by atoms with Crippen molar-refractivity contribution in [3.8, 4) is 5.75 Å². The van der Waals surface area contributed by atoms with Gasteiger partial charge in [-0.15, -0.1) is 0 Å². The molecule has 10 heteroatoms. The van der Waals surface area contributed by atoms with Gasteiger partial charge >= 0.3 is 6.09 Å². The van der Waals surface area contributed by atoms with Gasteiger partial charge in [0.15, 0.2) is 0 Å². The summed E-state index contributed by atoms with van der Waals surface area (Å²) in [5.74, 6) is 1.68. The van der Waals surface area contributed by atoms with Crippen molar-refractivity contribution >= 4 is 28.6 Å². The van der Waals surface area contributed by atoms with Gasteiger partial charge in [0.05, 0.1) is 24.4 Å². The van der Waals surface area contributed by atoms with E-state index in [0.29, 0.717) is 35.0 Å². The number of amides is 2. The number of pyridine rings is 1. The van der Waals surface area contributed by atoms with Crippen molar-refractivity contribution in [1.82, 2.24) is 24.6 Å². The molecule has 0 bridgehead atoms. The topological polar surface area (TPSA) is 102 Å². The zero-order chi connectivity index (χ0) is 32.1. The molecule has 2 aliphatic rings. The third-order valence-corrected chi connectivity index (χ3v) is 9.16. The van der Waals surface area contributed by atoms with E-state index in [1.807, 2.05) is 56.9 Å². The summed E-state index contributed by atoms with van der Waals surface area (Å²) in [6, 6.07) is 9.61. The van der Waals surface area contributed by atoms with Gasteiger partial charge in [-0.25, -0.2) is 9.78 Å². The lowest BCUT2D eigenvalue weighted by Crippen LogP contribution is -2.42. The van der Waals surface area contributed by atoms with Crippen molar-refractivity contribution in [3.63, 3.8) is 0 Å². The zero-order valence-electron chi connectivity index (χ0n) is 27.8. The number of hydrogen-bond acceptors (Lipinski definition) is 7. The lowest BCUT2D eigenvalue weighted by molar-refractivity contribution is 0.0177. The average molecular weight is 619 g/mol. The average Bonchev–Trinajstić information content (AvgIpc) is 3.42. The number of fused-ring (bicyclic) bond motifs is 1. The number of anilines is 1. The van der Waals surface area contributed by atoms with E-state index in [2.05, 4.69) is 33.1 Å². The Hall–Kier alpha value is -3.66. The van der Waals surface area contributed by atoms with E-state index in [0.717, 1.165) is 68.5 Å². The number of hydrogen-bond donors (Lipinski definition) is 1. The first-order valence-corrected chi connectivity index (χ1v) is 16.5. The minimum atomic E-state index is -0.443. The second-order valence-corrected chi connectivity index (χ2v) is 14.0. The van der Waals surface area contributed by atoms with Gasteiger partial charge in [-0.2, -0.15) is 5.10 Å². The molecule has 1 aliphatic carbocycles. The number of piperidine rings is 1. The van der Waals surface area contributed by atoms with Gasteiger partial charge in [0.1, 0.15) is 17.0 Å². The van der Waals surface area contributed by atoms with Crippen LogP contribution in [-0.2, 0) is 4.74 Å². The van der Waals surface area contributed by atoms with E-state index in [9.17, 15) is 9.59 Å². The van der Waals surface area contributed by atoms with Crippen LogP contribution in [0.15, 0.2) is 36.5 Å².